The van der Waals surface area contributed by atoms with Crippen LogP contribution < -0.4 is 0 Å². The summed E-state index contributed by atoms with van der Waals surface area (Å²) < 4.78 is 10.8. The van der Waals surface area contributed by atoms with Gasteiger partial charge in [0.15, 0.2) is 0 Å². The second-order valence-electron chi connectivity index (χ2n) is 5.90. The van der Waals surface area contributed by atoms with E-state index in [0.717, 1.165) is 19.1 Å². The molecule has 0 radical (unpaired) electrons. The third-order valence-corrected chi connectivity index (χ3v) is 3.72. The van der Waals surface area contributed by atoms with E-state index in [4.69, 9.17) is 9.47 Å². The van der Waals surface area contributed by atoms with Crippen molar-refractivity contribution in [3.8, 4) is 0 Å². The van der Waals surface area contributed by atoms with Crippen molar-refractivity contribution in [3.05, 3.63) is 0 Å². The first-order valence-corrected chi connectivity index (χ1v) is 7.63. The number of hydrogen-bond acceptors (Lipinski definition) is 2. The van der Waals surface area contributed by atoms with Crippen LogP contribution in [-0.4, -0.2) is 27.4 Å². The SMILES string of the molecule is CCCCCC(COC)C(CCC(C)C)COC. The molecule has 0 bridgehead atoms. The molecule has 0 aromatic heterocycles. The fourth-order valence-electron chi connectivity index (χ4n) is 2.54. The van der Waals surface area contributed by atoms with E-state index in [0.29, 0.717) is 11.8 Å². The molecule has 0 aromatic carbocycles. The molecule has 18 heavy (non-hydrogen) atoms. The molecule has 2 nitrogen and oxygen atoms in total. The van der Waals surface area contributed by atoms with Crippen molar-refractivity contribution in [2.75, 3.05) is 27.4 Å². The lowest BCUT2D eigenvalue weighted by Crippen LogP contribution is -2.24. The normalized spacial score (nSPS) is 15.0. The van der Waals surface area contributed by atoms with E-state index in [1.54, 1.807) is 0 Å². The molecule has 2 atom stereocenters. The van der Waals surface area contributed by atoms with Crippen LogP contribution in [0.3, 0.4) is 0 Å². The summed E-state index contributed by atoms with van der Waals surface area (Å²) in [5.74, 6) is 2.11. The van der Waals surface area contributed by atoms with Crippen LogP contribution in [0.4, 0.5) is 0 Å². The van der Waals surface area contributed by atoms with E-state index in [2.05, 4.69) is 20.8 Å². The van der Waals surface area contributed by atoms with Gasteiger partial charge in [-0.2, -0.15) is 0 Å². The van der Waals surface area contributed by atoms with Crippen LogP contribution in [-0.2, 0) is 9.47 Å². The molecule has 0 spiro atoms. The average Bonchev–Trinajstić information content (AvgIpc) is 2.33. The summed E-state index contributed by atoms with van der Waals surface area (Å²) in [5, 5.41) is 0. The van der Waals surface area contributed by atoms with Gasteiger partial charge in [0.05, 0.1) is 0 Å². The largest absolute Gasteiger partial charge is 0.384 e. The van der Waals surface area contributed by atoms with Gasteiger partial charge in [-0.05, 0) is 30.6 Å². The van der Waals surface area contributed by atoms with Gasteiger partial charge in [0.25, 0.3) is 0 Å². The number of unbranched alkanes of at least 4 members (excludes halogenated alkanes) is 2. The van der Waals surface area contributed by atoms with Crippen LogP contribution in [0.5, 0.6) is 0 Å². The van der Waals surface area contributed by atoms with Gasteiger partial charge in [0, 0.05) is 27.4 Å². The Hall–Kier alpha value is -0.0800. The maximum absolute atomic E-state index is 5.41. The Morgan fingerprint density at radius 2 is 1.33 bits per heavy atom. The van der Waals surface area contributed by atoms with Gasteiger partial charge in [-0.15, -0.1) is 0 Å². The summed E-state index contributed by atoms with van der Waals surface area (Å²) in [6.45, 7) is 8.62. The summed E-state index contributed by atoms with van der Waals surface area (Å²) in [7, 11) is 3.64. The smallest absolute Gasteiger partial charge is 0.0494 e. The summed E-state index contributed by atoms with van der Waals surface area (Å²) in [6, 6.07) is 0. The van der Waals surface area contributed by atoms with Gasteiger partial charge in [-0.3, -0.25) is 0 Å². The van der Waals surface area contributed by atoms with E-state index in [1.165, 1.54) is 38.5 Å². The minimum absolute atomic E-state index is 0.661. The molecule has 0 N–H and O–H groups in total. The Bertz CT molecular complexity index is 168. The van der Waals surface area contributed by atoms with Gasteiger partial charge in [0.2, 0.25) is 0 Å². The lowest BCUT2D eigenvalue weighted by Gasteiger charge is -2.27. The second-order valence-corrected chi connectivity index (χ2v) is 5.90. The molecule has 0 aliphatic carbocycles. The zero-order valence-corrected chi connectivity index (χ0v) is 13.2. The second kappa shape index (κ2) is 12.0. The summed E-state index contributed by atoms with van der Waals surface area (Å²) in [6.07, 6.45) is 7.80. The van der Waals surface area contributed by atoms with Gasteiger partial charge >= 0.3 is 0 Å². The first-order valence-electron chi connectivity index (χ1n) is 7.63. The van der Waals surface area contributed by atoms with Crippen LogP contribution >= 0.6 is 0 Å². The third kappa shape index (κ3) is 8.93. The number of methoxy groups -OCH3 is 2. The van der Waals surface area contributed by atoms with Crippen LogP contribution in [0.1, 0.15) is 59.3 Å². The lowest BCUT2D eigenvalue weighted by molar-refractivity contribution is 0.0581. The third-order valence-electron chi connectivity index (χ3n) is 3.72. The van der Waals surface area contributed by atoms with Crippen LogP contribution in [0.25, 0.3) is 0 Å². The summed E-state index contributed by atoms with van der Waals surface area (Å²) >= 11 is 0. The average molecular weight is 258 g/mol. The highest BCUT2D eigenvalue weighted by Crippen LogP contribution is 2.26. The maximum atomic E-state index is 5.41. The zero-order chi connectivity index (χ0) is 13.8. The molecule has 0 fully saturated rings. The Morgan fingerprint density at radius 3 is 1.78 bits per heavy atom. The fourth-order valence-corrected chi connectivity index (χ4v) is 2.54. The predicted molar refractivity (Wildman–Crippen MR) is 78.9 cm³/mol. The summed E-state index contributed by atoms with van der Waals surface area (Å²) in [4.78, 5) is 0. The Kier molecular flexibility index (Phi) is 11.9. The highest BCUT2D eigenvalue weighted by Gasteiger charge is 2.21. The molecular formula is C16H34O2. The van der Waals surface area contributed by atoms with Gasteiger partial charge in [-0.1, -0.05) is 46.5 Å². The Labute approximate surface area is 114 Å². The molecule has 0 amide bonds. The Morgan fingerprint density at radius 1 is 0.778 bits per heavy atom. The van der Waals surface area contributed by atoms with Crippen molar-refractivity contribution in [1.29, 1.82) is 0 Å². The van der Waals surface area contributed by atoms with E-state index in [9.17, 15) is 0 Å². The molecule has 0 heterocycles. The van der Waals surface area contributed by atoms with Gasteiger partial charge in [-0.25, -0.2) is 0 Å². The molecule has 2 heteroatoms. The first kappa shape index (κ1) is 17.9. The molecule has 0 aromatic rings. The fraction of sp³-hybridized carbons (Fsp3) is 1.00. The number of ether oxygens (including phenoxy) is 2. The van der Waals surface area contributed by atoms with E-state index in [1.807, 2.05) is 14.2 Å². The Balaban J connectivity index is 4.24. The summed E-state index contributed by atoms with van der Waals surface area (Å²) in [5.41, 5.74) is 0. The van der Waals surface area contributed by atoms with Crippen molar-refractivity contribution < 1.29 is 9.47 Å². The van der Waals surface area contributed by atoms with Crippen LogP contribution in [0.15, 0.2) is 0 Å². The molecule has 2 unspecified atom stereocenters. The first-order chi connectivity index (χ1) is 8.65. The number of hydrogen-bond donors (Lipinski definition) is 0. The van der Waals surface area contributed by atoms with E-state index < -0.39 is 0 Å². The molecular weight excluding hydrogens is 224 g/mol. The van der Waals surface area contributed by atoms with Crippen molar-refractivity contribution in [2.24, 2.45) is 17.8 Å². The molecule has 0 saturated heterocycles. The van der Waals surface area contributed by atoms with Crippen LogP contribution in [0, 0.1) is 17.8 Å². The van der Waals surface area contributed by atoms with Crippen molar-refractivity contribution in [3.63, 3.8) is 0 Å². The molecule has 110 valence electrons. The van der Waals surface area contributed by atoms with Crippen molar-refractivity contribution in [1.82, 2.24) is 0 Å². The van der Waals surface area contributed by atoms with Crippen molar-refractivity contribution >= 4 is 0 Å². The minimum atomic E-state index is 0.661. The standard InChI is InChI=1S/C16H34O2/c1-6-7-8-9-15(12-17-4)16(13-18-5)11-10-14(2)3/h14-16H,6-13H2,1-5H3. The highest BCUT2D eigenvalue weighted by molar-refractivity contribution is 4.71. The monoisotopic (exact) mass is 258 g/mol. The van der Waals surface area contributed by atoms with E-state index >= 15 is 0 Å². The molecule has 0 aliphatic rings. The lowest BCUT2D eigenvalue weighted by atomic mass is 9.84. The minimum Gasteiger partial charge on any atom is -0.384 e. The van der Waals surface area contributed by atoms with E-state index in [-0.39, 0.29) is 0 Å². The predicted octanol–water partition coefficient (Wildman–Crippen LogP) is 4.53. The van der Waals surface area contributed by atoms with Crippen LogP contribution in [0.2, 0.25) is 0 Å². The number of rotatable bonds is 12. The quantitative estimate of drug-likeness (QED) is 0.479. The maximum Gasteiger partial charge on any atom is 0.0494 e. The van der Waals surface area contributed by atoms with Gasteiger partial charge < -0.3 is 9.47 Å². The molecule has 0 rings (SSSR count). The molecule has 0 aliphatic heterocycles. The topological polar surface area (TPSA) is 18.5 Å². The van der Waals surface area contributed by atoms with Gasteiger partial charge in [0.1, 0.15) is 0 Å². The highest BCUT2D eigenvalue weighted by atomic mass is 16.5. The zero-order valence-electron chi connectivity index (χ0n) is 13.2. The van der Waals surface area contributed by atoms with Crippen molar-refractivity contribution in [2.45, 2.75) is 59.3 Å². The molecule has 0 saturated carbocycles.